The zero-order chi connectivity index (χ0) is 16.7. The molecule has 0 spiro atoms. The Morgan fingerprint density at radius 3 is 3.04 bits per heavy atom. The third-order valence-corrected chi connectivity index (χ3v) is 5.01. The van der Waals surface area contributed by atoms with Gasteiger partial charge in [0, 0.05) is 30.2 Å². The summed E-state index contributed by atoms with van der Waals surface area (Å²) >= 11 is 6.20. The lowest BCUT2D eigenvalue weighted by atomic mass is 10.0. The second-order valence-electron chi connectivity index (χ2n) is 6.10. The molecule has 5 nitrogen and oxygen atoms in total. The second kappa shape index (κ2) is 6.02. The highest BCUT2D eigenvalue weighted by atomic mass is 35.5. The number of anilines is 1. The van der Waals surface area contributed by atoms with Crippen molar-refractivity contribution in [3.05, 3.63) is 47.1 Å². The molecule has 1 aromatic carbocycles. The molecule has 1 saturated heterocycles. The molecule has 1 atom stereocenters. The average Bonchev–Trinajstić information content (AvgIpc) is 3.18. The van der Waals surface area contributed by atoms with E-state index in [4.69, 9.17) is 11.6 Å². The topological polar surface area (TPSA) is 46.8 Å². The Kier molecular flexibility index (Phi) is 3.84. The maximum atomic E-state index is 14.1. The van der Waals surface area contributed by atoms with Crippen molar-refractivity contribution in [2.75, 3.05) is 11.4 Å². The van der Waals surface area contributed by atoms with Gasteiger partial charge < -0.3 is 4.90 Å². The summed E-state index contributed by atoms with van der Waals surface area (Å²) < 4.78 is 15.9. The zero-order valence-electron chi connectivity index (χ0n) is 13.3. The highest BCUT2D eigenvalue weighted by Gasteiger charge is 2.29. The minimum absolute atomic E-state index is 0.165. The van der Waals surface area contributed by atoms with Gasteiger partial charge in [0.05, 0.1) is 11.6 Å². The van der Waals surface area contributed by atoms with E-state index in [9.17, 15) is 4.39 Å². The van der Waals surface area contributed by atoms with E-state index in [1.807, 2.05) is 7.05 Å². The van der Waals surface area contributed by atoms with Crippen molar-refractivity contribution in [3.63, 3.8) is 0 Å². The summed E-state index contributed by atoms with van der Waals surface area (Å²) in [5.74, 6) is 0.617. The molecule has 0 unspecified atom stereocenters. The first-order chi connectivity index (χ1) is 11.6. The predicted octanol–water partition coefficient (Wildman–Crippen LogP) is 3.37. The zero-order valence-corrected chi connectivity index (χ0v) is 14.0. The van der Waals surface area contributed by atoms with E-state index >= 15 is 0 Å². The third kappa shape index (κ3) is 2.51. The molecule has 4 rings (SSSR count). The number of benzene rings is 1. The molecule has 0 radical (unpaired) electrons. The van der Waals surface area contributed by atoms with Crippen LogP contribution >= 0.6 is 11.6 Å². The number of aromatic nitrogens is 4. The third-order valence-electron chi connectivity index (χ3n) is 4.66. The predicted molar refractivity (Wildman–Crippen MR) is 91.8 cm³/mol. The van der Waals surface area contributed by atoms with E-state index in [-0.39, 0.29) is 11.9 Å². The highest BCUT2D eigenvalue weighted by Crippen LogP contribution is 2.32. The number of fused-ring (bicyclic) bond motifs is 1. The Bertz CT molecular complexity index is 874. The van der Waals surface area contributed by atoms with Gasteiger partial charge >= 0.3 is 0 Å². The first kappa shape index (κ1) is 15.3. The van der Waals surface area contributed by atoms with Crippen molar-refractivity contribution < 1.29 is 4.39 Å². The number of rotatable bonds is 3. The molecular weight excluding hydrogens is 329 g/mol. The van der Waals surface area contributed by atoms with Crippen molar-refractivity contribution in [2.24, 2.45) is 7.05 Å². The molecule has 7 heteroatoms. The minimum Gasteiger partial charge on any atom is -0.353 e. The molecule has 3 aromatic rings. The summed E-state index contributed by atoms with van der Waals surface area (Å²) in [6.45, 7) is 0.887. The van der Waals surface area contributed by atoms with Crippen molar-refractivity contribution in [1.29, 1.82) is 0 Å². The van der Waals surface area contributed by atoms with E-state index in [2.05, 4.69) is 20.0 Å². The Hall–Kier alpha value is -2.21. The van der Waals surface area contributed by atoms with Crippen LogP contribution in [-0.4, -0.2) is 32.3 Å². The summed E-state index contributed by atoms with van der Waals surface area (Å²) in [6.07, 6.45) is 5.94. The molecular formula is C17H17ClFN5. The van der Waals surface area contributed by atoms with Crippen molar-refractivity contribution in [3.8, 4) is 0 Å². The lowest BCUT2D eigenvalue weighted by molar-refractivity contribution is 0.583. The molecule has 0 bridgehead atoms. The first-order valence-corrected chi connectivity index (χ1v) is 8.35. The highest BCUT2D eigenvalue weighted by molar-refractivity contribution is 6.31. The SMILES string of the molecule is Cn1ncc2c(N3CCC[C@H]3Cc3c(F)cccc3Cl)ncnc21. The van der Waals surface area contributed by atoms with Crippen LogP contribution in [-0.2, 0) is 13.5 Å². The van der Waals surface area contributed by atoms with E-state index < -0.39 is 0 Å². The number of nitrogens with zero attached hydrogens (tertiary/aromatic N) is 5. The van der Waals surface area contributed by atoms with Gasteiger partial charge in [-0.05, 0) is 31.4 Å². The molecule has 1 aliphatic rings. The van der Waals surface area contributed by atoms with Crippen LogP contribution in [0, 0.1) is 5.82 Å². The fourth-order valence-electron chi connectivity index (χ4n) is 3.47. The van der Waals surface area contributed by atoms with Gasteiger partial charge in [-0.1, -0.05) is 17.7 Å². The fraction of sp³-hybridized carbons (Fsp3) is 0.353. The molecule has 24 heavy (non-hydrogen) atoms. The number of hydrogen-bond donors (Lipinski definition) is 0. The second-order valence-corrected chi connectivity index (χ2v) is 6.50. The number of hydrogen-bond acceptors (Lipinski definition) is 4. The van der Waals surface area contributed by atoms with Crippen molar-refractivity contribution >= 4 is 28.5 Å². The van der Waals surface area contributed by atoms with Crippen molar-refractivity contribution in [1.82, 2.24) is 19.7 Å². The maximum Gasteiger partial charge on any atom is 0.163 e. The standard InChI is InChI=1S/C17H17ClFN5/c1-23-16-13(9-22-23)17(21-10-20-16)24-7-3-4-11(24)8-12-14(18)5-2-6-15(12)19/h2,5-6,9-11H,3-4,7-8H2,1H3/t11-/m0/s1. The molecule has 0 aliphatic carbocycles. The fourth-order valence-corrected chi connectivity index (χ4v) is 3.71. The van der Waals surface area contributed by atoms with Gasteiger partial charge in [-0.2, -0.15) is 5.10 Å². The van der Waals surface area contributed by atoms with Crippen LogP contribution in [0.15, 0.2) is 30.7 Å². The summed E-state index contributed by atoms with van der Waals surface area (Å²) in [7, 11) is 1.86. The average molecular weight is 346 g/mol. The van der Waals surface area contributed by atoms with Crippen LogP contribution in [0.25, 0.3) is 11.0 Å². The lowest BCUT2D eigenvalue weighted by Gasteiger charge is -2.26. The van der Waals surface area contributed by atoms with Crippen LogP contribution in [0.2, 0.25) is 5.02 Å². The van der Waals surface area contributed by atoms with Crippen LogP contribution < -0.4 is 4.90 Å². The van der Waals surface area contributed by atoms with Gasteiger partial charge in [0.1, 0.15) is 18.0 Å². The quantitative estimate of drug-likeness (QED) is 0.730. The van der Waals surface area contributed by atoms with Gasteiger partial charge in [0.15, 0.2) is 5.65 Å². The van der Waals surface area contributed by atoms with Gasteiger partial charge in [-0.25, -0.2) is 14.4 Å². The summed E-state index contributed by atoms with van der Waals surface area (Å²) in [5, 5.41) is 5.68. The summed E-state index contributed by atoms with van der Waals surface area (Å²) in [4.78, 5) is 11.0. The van der Waals surface area contributed by atoms with Crippen LogP contribution in [0.1, 0.15) is 18.4 Å². The van der Waals surface area contributed by atoms with Gasteiger partial charge in [0.2, 0.25) is 0 Å². The monoisotopic (exact) mass is 345 g/mol. The molecule has 1 fully saturated rings. The van der Waals surface area contributed by atoms with Crippen LogP contribution in [0.4, 0.5) is 10.2 Å². The van der Waals surface area contributed by atoms with E-state index in [1.165, 1.54) is 6.07 Å². The molecule has 1 aliphatic heterocycles. The Balaban J connectivity index is 1.70. The Labute approximate surface area is 144 Å². The molecule has 0 N–H and O–H groups in total. The Morgan fingerprint density at radius 1 is 1.33 bits per heavy atom. The van der Waals surface area contributed by atoms with E-state index in [1.54, 1.807) is 29.3 Å². The maximum absolute atomic E-state index is 14.1. The summed E-state index contributed by atoms with van der Waals surface area (Å²) in [6, 6.07) is 5.00. The lowest BCUT2D eigenvalue weighted by Crippen LogP contribution is -2.32. The first-order valence-electron chi connectivity index (χ1n) is 7.97. The van der Waals surface area contributed by atoms with Crippen LogP contribution in [0.3, 0.4) is 0 Å². The molecule has 3 heterocycles. The van der Waals surface area contributed by atoms with E-state index in [0.717, 1.165) is 36.2 Å². The normalized spacial score (nSPS) is 17.8. The smallest absolute Gasteiger partial charge is 0.163 e. The number of halogens is 2. The molecule has 2 aromatic heterocycles. The molecule has 124 valence electrons. The van der Waals surface area contributed by atoms with Crippen molar-refractivity contribution in [2.45, 2.75) is 25.3 Å². The Morgan fingerprint density at radius 2 is 2.21 bits per heavy atom. The minimum atomic E-state index is -0.247. The largest absolute Gasteiger partial charge is 0.353 e. The molecule has 0 amide bonds. The van der Waals surface area contributed by atoms with Gasteiger partial charge in [0.25, 0.3) is 0 Å². The number of aryl methyl sites for hydroxylation is 1. The van der Waals surface area contributed by atoms with E-state index in [0.29, 0.717) is 17.0 Å². The molecule has 0 saturated carbocycles. The summed E-state index contributed by atoms with van der Waals surface area (Å²) in [5.41, 5.74) is 1.38. The van der Waals surface area contributed by atoms with Gasteiger partial charge in [-0.3, -0.25) is 4.68 Å². The van der Waals surface area contributed by atoms with Crippen LogP contribution in [0.5, 0.6) is 0 Å². The van der Waals surface area contributed by atoms with Gasteiger partial charge in [-0.15, -0.1) is 0 Å².